The highest BCUT2D eigenvalue weighted by Gasteiger charge is 2.29. The van der Waals surface area contributed by atoms with Crippen LogP contribution in [0.5, 0.6) is 0 Å². The lowest BCUT2D eigenvalue weighted by Gasteiger charge is -2.34. The Morgan fingerprint density at radius 3 is 2.82 bits per heavy atom. The summed E-state index contributed by atoms with van der Waals surface area (Å²) in [5.41, 5.74) is 12.4. The first-order chi connectivity index (χ1) is 18.2. The predicted octanol–water partition coefficient (Wildman–Crippen LogP) is 4.24. The number of amides is 1. The molecule has 5 N–H and O–H groups in total. The van der Waals surface area contributed by atoms with Crippen molar-refractivity contribution < 1.29 is 9.86 Å². The Kier molecular flexibility index (Phi) is 9.42. The topological polar surface area (TPSA) is 94.7 Å². The van der Waals surface area contributed by atoms with E-state index in [9.17, 15) is 10.0 Å². The highest BCUT2D eigenvalue weighted by molar-refractivity contribution is 5.77. The molecule has 0 aromatic heterocycles. The van der Waals surface area contributed by atoms with E-state index in [2.05, 4.69) is 75.3 Å². The van der Waals surface area contributed by atoms with Gasteiger partial charge < -0.3 is 21.3 Å². The summed E-state index contributed by atoms with van der Waals surface area (Å²) < 4.78 is 0. The average Bonchev–Trinajstić information content (AvgIpc) is 2.89. The zero-order chi connectivity index (χ0) is 27.4. The van der Waals surface area contributed by atoms with Crippen LogP contribution in [0.25, 0.3) is 0 Å². The van der Waals surface area contributed by atoms with Crippen LogP contribution < -0.4 is 21.4 Å². The Hall–Kier alpha value is -2.51. The third-order valence-electron chi connectivity index (χ3n) is 8.96. The van der Waals surface area contributed by atoms with Crippen molar-refractivity contribution in [3.05, 3.63) is 82.1 Å². The molecule has 0 spiro atoms. The Balaban J connectivity index is 1.46. The highest BCUT2D eigenvalue weighted by atomic mass is 16.5. The van der Waals surface area contributed by atoms with Crippen LogP contribution in [0.4, 0.5) is 5.69 Å². The third-order valence-corrected chi connectivity index (χ3v) is 8.96. The number of carbonyl (C=O) groups is 1. The van der Waals surface area contributed by atoms with Crippen LogP contribution in [-0.4, -0.2) is 25.5 Å². The second-order valence-corrected chi connectivity index (χ2v) is 11.7. The second kappa shape index (κ2) is 12.6. The molecule has 4 rings (SSSR count). The Morgan fingerprint density at radius 1 is 1.26 bits per heavy atom. The van der Waals surface area contributed by atoms with E-state index in [0.717, 1.165) is 36.9 Å². The third kappa shape index (κ3) is 6.55. The summed E-state index contributed by atoms with van der Waals surface area (Å²) >= 11 is 0. The van der Waals surface area contributed by atoms with E-state index in [4.69, 9.17) is 5.73 Å². The van der Waals surface area contributed by atoms with Crippen LogP contribution in [0.2, 0.25) is 0 Å². The number of hydroxylamine groups is 1. The van der Waals surface area contributed by atoms with Gasteiger partial charge in [0, 0.05) is 30.9 Å². The van der Waals surface area contributed by atoms with Gasteiger partial charge in [0.1, 0.15) is 11.9 Å². The van der Waals surface area contributed by atoms with E-state index < -0.39 is 0 Å². The van der Waals surface area contributed by atoms with Crippen LogP contribution in [0, 0.1) is 34.8 Å². The molecule has 0 saturated heterocycles. The van der Waals surface area contributed by atoms with Gasteiger partial charge in [-0.3, -0.25) is 10.1 Å². The summed E-state index contributed by atoms with van der Waals surface area (Å²) in [6, 6.07) is 6.00. The van der Waals surface area contributed by atoms with Crippen LogP contribution >= 0.6 is 0 Å². The van der Waals surface area contributed by atoms with Crippen molar-refractivity contribution in [2.75, 3.05) is 19.6 Å². The number of allylic oxidation sites excluding steroid dienone is 7. The zero-order valence-electron chi connectivity index (χ0n) is 23.6. The minimum Gasteiger partial charge on any atom is -0.629 e. The maximum atomic E-state index is 13.5. The molecule has 0 bridgehead atoms. The molecule has 3 aliphatic rings. The van der Waals surface area contributed by atoms with Crippen LogP contribution in [0.1, 0.15) is 64.3 Å². The monoisotopic (exact) mass is 518 g/mol. The largest absolute Gasteiger partial charge is 0.629 e. The van der Waals surface area contributed by atoms with E-state index in [-0.39, 0.29) is 29.0 Å². The van der Waals surface area contributed by atoms with E-state index in [1.54, 1.807) is 0 Å². The number of carbonyl (C=O) groups excluding carboxylic acids is 1. The van der Waals surface area contributed by atoms with Crippen molar-refractivity contribution in [3.8, 4) is 0 Å². The van der Waals surface area contributed by atoms with Gasteiger partial charge in [-0.1, -0.05) is 50.8 Å². The van der Waals surface area contributed by atoms with Crippen LogP contribution in [0.15, 0.2) is 65.8 Å². The zero-order valence-corrected chi connectivity index (χ0v) is 23.6. The lowest BCUT2D eigenvalue weighted by Crippen LogP contribution is -3.03. The van der Waals surface area contributed by atoms with Crippen molar-refractivity contribution in [1.29, 1.82) is 0 Å². The first-order valence-corrected chi connectivity index (χ1v) is 14.3. The Bertz CT molecular complexity index is 1120. The quantitative estimate of drug-likeness (QED) is 0.290. The minimum atomic E-state index is -0.275. The summed E-state index contributed by atoms with van der Waals surface area (Å²) in [5.74, 6) is 1.58. The molecular weight excluding hydrogens is 472 g/mol. The van der Waals surface area contributed by atoms with E-state index in [1.807, 2.05) is 12.1 Å². The molecule has 1 aromatic rings. The molecule has 38 heavy (non-hydrogen) atoms. The molecular formula is C32H46N4O2. The average molecular weight is 519 g/mol. The number of rotatable bonds is 9. The lowest BCUT2D eigenvalue weighted by atomic mass is 9.77. The first-order valence-electron chi connectivity index (χ1n) is 14.3. The summed E-state index contributed by atoms with van der Waals surface area (Å²) in [6.45, 7) is 14.7. The summed E-state index contributed by atoms with van der Waals surface area (Å²) in [7, 11) is 0. The predicted molar refractivity (Wildman–Crippen MR) is 155 cm³/mol. The van der Waals surface area contributed by atoms with Crippen molar-refractivity contribution >= 4 is 11.6 Å². The van der Waals surface area contributed by atoms with Gasteiger partial charge in [0.15, 0.2) is 0 Å². The number of hydrogen-bond donors (Lipinski definition) is 4. The molecule has 2 aliphatic carbocycles. The smallest absolute Gasteiger partial charge is 0.221 e. The van der Waals surface area contributed by atoms with E-state index in [0.29, 0.717) is 43.0 Å². The van der Waals surface area contributed by atoms with Crippen molar-refractivity contribution in [2.24, 2.45) is 35.3 Å². The van der Waals surface area contributed by atoms with Gasteiger partial charge in [0.25, 0.3) is 0 Å². The number of fused-ring (bicyclic) bond motifs is 1. The molecule has 1 heterocycles. The Morgan fingerprint density at radius 2 is 2.05 bits per heavy atom. The van der Waals surface area contributed by atoms with Gasteiger partial charge in [-0.15, -0.1) is 0 Å². The normalized spacial score (nSPS) is 28.7. The molecule has 0 fully saturated rings. The van der Waals surface area contributed by atoms with Gasteiger partial charge in [-0.2, -0.15) is 0 Å². The van der Waals surface area contributed by atoms with Crippen LogP contribution in [0.3, 0.4) is 0 Å². The molecule has 0 radical (unpaired) electrons. The fraction of sp³-hybridized carbons (Fsp3) is 0.531. The fourth-order valence-corrected chi connectivity index (χ4v) is 6.29. The SMILES string of the molecule is C=C1C(C)=C(C)C=CC1C(CCN)C[NH+]([O-])c1ccc2c(c1)C(NC(=O)CC1CC(C)C=CC1C)NCC2. The maximum absolute atomic E-state index is 13.5. The van der Waals surface area contributed by atoms with E-state index >= 15 is 0 Å². The second-order valence-electron chi connectivity index (χ2n) is 11.7. The summed E-state index contributed by atoms with van der Waals surface area (Å²) in [5, 5.41) is 20.3. The van der Waals surface area contributed by atoms with Crippen LogP contribution in [-0.2, 0) is 11.2 Å². The number of hydrogen-bond acceptors (Lipinski definition) is 4. The van der Waals surface area contributed by atoms with Crippen molar-refractivity contribution in [1.82, 2.24) is 10.6 Å². The lowest BCUT2D eigenvalue weighted by molar-refractivity contribution is -0.781. The van der Waals surface area contributed by atoms with Crippen molar-refractivity contribution in [3.63, 3.8) is 0 Å². The van der Waals surface area contributed by atoms with Gasteiger partial charge in [-0.25, -0.2) is 0 Å². The number of quaternary nitrogens is 1. The minimum absolute atomic E-state index is 0.0655. The molecule has 1 amide bonds. The molecule has 0 saturated carbocycles. The first kappa shape index (κ1) is 28.5. The van der Waals surface area contributed by atoms with Gasteiger partial charge in [0.05, 0.1) is 6.54 Å². The molecule has 6 heteroatoms. The molecule has 1 aromatic carbocycles. The maximum Gasteiger partial charge on any atom is 0.221 e. The fourth-order valence-electron chi connectivity index (χ4n) is 6.29. The van der Waals surface area contributed by atoms with Gasteiger partial charge >= 0.3 is 0 Å². The molecule has 6 nitrogen and oxygen atoms in total. The summed E-state index contributed by atoms with van der Waals surface area (Å²) in [6.07, 6.45) is 11.8. The van der Waals surface area contributed by atoms with Gasteiger partial charge in [-0.05, 0) is 91.3 Å². The number of nitrogens with two attached hydrogens (primary N) is 1. The van der Waals surface area contributed by atoms with Gasteiger partial charge in [0.2, 0.25) is 5.91 Å². The Labute approximate surface area is 228 Å². The number of benzene rings is 1. The van der Waals surface area contributed by atoms with E-state index in [1.165, 1.54) is 16.7 Å². The number of nitrogens with one attached hydrogen (secondary N) is 3. The molecule has 7 unspecified atom stereocenters. The molecule has 206 valence electrons. The highest BCUT2D eigenvalue weighted by Crippen LogP contribution is 2.34. The molecule has 7 atom stereocenters. The summed E-state index contributed by atoms with van der Waals surface area (Å²) in [4.78, 5) is 13.1. The molecule has 1 aliphatic heterocycles. The standard InChI is InChI=1S/C32H46N4O2/c1-20-6-7-22(3)27(16-20)17-31(37)35-32-30-18-28(10-9-25(30)13-15-34-32)36(38)19-26(12-14-33)29-11-8-21(2)23(4)24(29)5/h6-11,18,20,22,26-27,29,32,34,36H,5,12-17,19,33H2,1-4H3,(H,35,37). The van der Waals surface area contributed by atoms with Crippen molar-refractivity contribution in [2.45, 2.75) is 59.5 Å².